The summed E-state index contributed by atoms with van der Waals surface area (Å²) in [6.45, 7) is 3.89. The molecule has 10 nitrogen and oxygen atoms in total. The lowest BCUT2D eigenvalue weighted by atomic mass is 9.48. The van der Waals surface area contributed by atoms with Crippen molar-refractivity contribution in [2.45, 2.75) is 64.6 Å². The van der Waals surface area contributed by atoms with E-state index < -0.39 is 5.97 Å². The first-order chi connectivity index (χ1) is 23.7. The van der Waals surface area contributed by atoms with E-state index in [1.54, 1.807) is 6.20 Å². The molecule has 10 rings (SSSR count). The molecule has 5 aliphatic rings. The lowest BCUT2D eigenvalue weighted by Crippen LogP contribution is -2.54. The molecule has 1 amide bonds. The predicted octanol–water partition coefficient (Wildman–Crippen LogP) is 6.56. The lowest BCUT2D eigenvalue weighted by molar-refractivity contribution is -0.140. The standard InChI is InChI=1S/C38H38N6O4S/c1-21-28(18-39-44(21)20-38-15-22-13-24(16-38)34(45)25(14-22)17-38)26-9-10-32(41-33(26)36(47)48)43-12-11-23-5-4-6-27(29(23)19-43)35(46)42-37-40-30-7-2-3-8-31(30)49-37/h2-10,18,22,24-25,34,45H,11-17,19-20H2,1H3,(H,47,48)(H,40,42,46). The number of nitrogens with one attached hydrogen (secondary N) is 1. The zero-order valence-electron chi connectivity index (χ0n) is 27.3. The molecule has 4 saturated carbocycles. The number of rotatable bonds is 7. The molecule has 0 spiro atoms. The van der Waals surface area contributed by atoms with E-state index in [2.05, 4.69) is 15.0 Å². The Hall–Kier alpha value is -4.61. The summed E-state index contributed by atoms with van der Waals surface area (Å²) in [5, 5.41) is 29.4. The molecule has 2 aromatic carbocycles. The molecular weight excluding hydrogens is 637 g/mol. The zero-order valence-corrected chi connectivity index (χ0v) is 28.1. The number of aliphatic hydroxyl groups excluding tert-OH is 1. The minimum Gasteiger partial charge on any atom is -0.476 e. The van der Waals surface area contributed by atoms with Crippen molar-refractivity contribution >= 4 is 44.4 Å². The van der Waals surface area contributed by atoms with Crippen LogP contribution in [0.2, 0.25) is 0 Å². The summed E-state index contributed by atoms with van der Waals surface area (Å²) in [6, 6.07) is 17.3. The highest BCUT2D eigenvalue weighted by atomic mass is 32.1. The monoisotopic (exact) mass is 674 g/mol. The van der Waals surface area contributed by atoms with Crippen LogP contribution in [0.15, 0.2) is 60.8 Å². The van der Waals surface area contributed by atoms with Gasteiger partial charge in [-0.2, -0.15) is 5.10 Å². The number of anilines is 2. The van der Waals surface area contributed by atoms with E-state index >= 15 is 0 Å². The number of carbonyl (C=O) groups is 2. The number of para-hydroxylation sites is 1. The van der Waals surface area contributed by atoms with E-state index in [4.69, 9.17) is 10.1 Å². The number of carboxylic acids is 1. The van der Waals surface area contributed by atoms with Gasteiger partial charge in [0.25, 0.3) is 5.91 Å². The molecule has 250 valence electrons. The van der Waals surface area contributed by atoms with Crippen LogP contribution in [0, 0.1) is 30.1 Å². The van der Waals surface area contributed by atoms with Crippen molar-refractivity contribution in [2.24, 2.45) is 23.2 Å². The van der Waals surface area contributed by atoms with Gasteiger partial charge in [-0.25, -0.2) is 14.8 Å². The van der Waals surface area contributed by atoms with E-state index in [-0.39, 0.29) is 23.1 Å². The van der Waals surface area contributed by atoms with Gasteiger partial charge in [-0.15, -0.1) is 0 Å². The Bertz CT molecular complexity index is 2090. The first kappa shape index (κ1) is 30.4. The summed E-state index contributed by atoms with van der Waals surface area (Å²) in [5.41, 5.74) is 5.83. The first-order valence-electron chi connectivity index (χ1n) is 17.2. The Balaban J connectivity index is 0.967. The second kappa shape index (κ2) is 11.5. The number of amides is 1. The molecule has 4 bridgehead atoms. The Morgan fingerprint density at radius 3 is 2.61 bits per heavy atom. The van der Waals surface area contributed by atoms with Crippen LogP contribution in [-0.4, -0.2) is 54.5 Å². The van der Waals surface area contributed by atoms with Gasteiger partial charge in [0.1, 0.15) is 5.82 Å². The van der Waals surface area contributed by atoms with Crippen LogP contribution in [-0.2, 0) is 19.5 Å². The fourth-order valence-electron chi connectivity index (χ4n) is 9.63. The summed E-state index contributed by atoms with van der Waals surface area (Å²) in [5.74, 6) is 0.727. The third kappa shape index (κ3) is 5.21. The maximum absolute atomic E-state index is 13.5. The van der Waals surface area contributed by atoms with Crippen molar-refractivity contribution in [3.8, 4) is 11.1 Å². The van der Waals surface area contributed by atoms with Crippen molar-refractivity contribution in [1.29, 1.82) is 0 Å². The van der Waals surface area contributed by atoms with E-state index in [0.29, 0.717) is 59.3 Å². The molecule has 0 radical (unpaired) electrons. The average molecular weight is 675 g/mol. The number of hydrogen-bond acceptors (Lipinski definition) is 8. The molecule has 3 N–H and O–H groups in total. The minimum absolute atomic E-state index is 0.00858. The van der Waals surface area contributed by atoms with Gasteiger partial charge in [-0.05, 0) is 110 Å². The van der Waals surface area contributed by atoms with Gasteiger partial charge in [0.05, 0.1) is 22.5 Å². The van der Waals surface area contributed by atoms with Crippen LogP contribution >= 0.6 is 11.3 Å². The predicted molar refractivity (Wildman–Crippen MR) is 188 cm³/mol. The fourth-order valence-corrected chi connectivity index (χ4v) is 10.5. The van der Waals surface area contributed by atoms with Gasteiger partial charge in [-0.1, -0.05) is 35.6 Å². The van der Waals surface area contributed by atoms with Crippen LogP contribution in [0.5, 0.6) is 0 Å². The largest absolute Gasteiger partial charge is 0.476 e. The summed E-state index contributed by atoms with van der Waals surface area (Å²) in [7, 11) is 0. The highest BCUT2D eigenvalue weighted by molar-refractivity contribution is 7.22. The average Bonchev–Trinajstić information content (AvgIpc) is 3.67. The molecule has 2 unspecified atom stereocenters. The Morgan fingerprint density at radius 2 is 1.82 bits per heavy atom. The smallest absolute Gasteiger partial charge is 0.355 e. The molecule has 49 heavy (non-hydrogen) atoms. The number of carbonyl (C=O) groups excluding carboxylic acids is 1. The number of carboxylic acid groups (broad SMARTS) is 1. The molecule has 1 aliphatic heterocycles. The maximum atomic E-state index is 13.5. The van der Waals surface area contributed by atoms with Crippen LogP contribution in [0.1, 0.15) is 69.8 Å². The van der Waals surface area contributed by atoms with Gasteiger partial charge < -0.3 is 15.1 Å². The van der Waals surface area contributed by atoms with Crippen LogP contribution in [0.25, 0.3) is 21.3 Å². The Labute approximate surface area is 287 Å². The van der Waals surface area contributed by atoms with Gasteiger partial charge in [0, 0.05) is 42.0 Å². The molecule has 4 aliphatic carbocycles. The van der Waals surface area contributed by atoms with Gasteiger partial charge in [0.15, 0.2) is 10.8 Å². The number of aliphatic hydroxyl groups is 1. The second-order valence-corrected chi connectivity index (χ2v) is 15.7. The maximum Gasteiger partial charge on any atom is 0.355 e. The summed E-state index contributed by atoms with van der Waals surface area (Å²) >= 11 is 1.44. The molecule has 5 aromatic rings. The molecular formula is C38H38N6O4S. The lowest BCUT2D eigenvalue weighted by Gasteiger charge is -2.58. The van der Waals surface area contributed by atoms with Crippen LogP contribution < -0.4 is 10.2 Å². The molecule has 0 saturated heterocycles. The van der Waals surface area contributed by atoms with Gasteiger partial charge >= 0.3 is 5.97 Å². The topological polar surface area (TPSA) is 133 Å². The fraction of sp³-hybridized carbons (Fsp3) is 0.395. The van der Waals surface area contributed by atoms with Crippen molar-refractivity contribution in [2.75, 3.05) is 16.8 Å². The number of thiazole rings is 1. The summed E-state index contributed by atoms with van der Waals surface area (Å²) in [4.78, 5) is 37.5. The second-order valence-electron chi connectivity index (χ2n) is 14.7. The third-order valence-electron chi connectivity index (χ3n) is 11.7. The van der Waals surface area contributed by atoms with Crippen molar-refractivity contribution in [3.63, 3.8) is 0 Å². The molecule has 4 heterocycles. The number of hydrogen-bond donors (Lipinski definition) is 3. The minimum atomic E-state index is -1.09. The molecule has 2 atom stereocenters. The van der Waals surface area contributed by atoms with Gasteiger partial charge in [0.2, 0.25) is 0 Å². The first-order valence-corrected chi connectivity index (χ1v) is 18.0. The van der Waals surface area contributed by atoms with Crippen molar-refractivity contribution < 1.29 is 19.8 Å². The van der Waals surface area contributed by atoms with E-state index in [0.717, 1.165) is 64.8 Å². The third-order valence-corrected chi connectivity index (χ3v) is 12.6. The molecule has 3 aromatic heterocycles. The van der Waals surface area contributed by atoms with E-state index in [1.807, 2.05) is 66.4 Å². The molecule has 4 fully saturated rings. The summed E-state index contributed by atoms with van der Waals surface area (Å²) in [6.07, 6.45) is 7.87. The number of fused-ring (bicyclic) bond motifs is 2. The number of aromatic carboxylic acids is 1. The number of aromatic nitrogens is 4. The van der Waals surface area contributed by atoms with Crippen molar-refractivity contribution in [3.05, 3.63) is 88.9 Å². The zero-order chi connectivity index (χ0) is 33.4. The van der Waals surface area contributed by atoms with E-state index in [9.17, 15) is 19.8 Å². The van der Waals surface area contributed by atoms with Crippen molar-refractivity contribution in [1.82, 2.24) is 19.7 Å². The number of pyridine rings is 1. The highest BCUT2D eigenvalue weighted by Crippen LogP contribution is 2.60. The Morgan fingerprint density at radius 1 is 1.00 bits per heavy atom. The normalized spacial score (nSPS) is 25.5. The molecule has 11 heteroatoms. The van der Waals surface area contributed by atoms with Crippen LogP contribution in [0.4, 0.5) is 10.9 Å². The number of nitrogens with zero attached hydrogens (tertiary/aromatic N) is 5. The highest BCUT2D eigenvalue weighted by Gasteiger charge is 2.55. The van der Waals surface area contributed by atoms with Crippen LogP contribution in [0.3, 0.4) is 0 Å². The summed E-state index contributed by atoms with van der Waals surface area (Å²) < 4.78 is 3.06. The number of benzene rings is 2. The Kier molecular flexibility index (Phi) is 7.14. The quantitative estimate of drug-likeness (QED) is 0.177. The van der Waals surface area contributed by atoms with Gasteiger partial charge in [-0.3, -0.25) is 14.8 Å². The van der Waals surface area contributed by atoms with E-state index in [1.165, 1.54) is 17.8 Å². The SMILES string of the molecule is Cc1c(-c2ccc(N3CCc4cccc(C(=O)Nc5nc6ccccc6s5)c4C3)nc2C(=O)O)cnn1CC12CC3CC(C1)C(O)C(C3)C2.